The summed E-state index contributed by atoms with van der Waals surface area (Å²) < 4.78 is 51.8. The number of ether oxygens (including phenoxy) is 1. The number of hydrogen-bond acceptors (Lipinski definition) is 13. The van der Waals surface area contributed by atoms with Crippen LogP contribution in [0.5, 0.6) is 0 Å². The number of aliphatic hydroxyl groups is 2. The number of imidazole rings is 1. The molecule has 19 nitrogen and oxygen atoms in total. The van der Waals surface area contributed by atoms with Gasteiger partial charge in [0.05, 0.1) is 6.61 Å². The van der Waals surface area contributed by atoms with Gasteiger partial charge in [0.1, 0.15) is 18.3 Å². The maximum Gasteiger partial charge on any atom is 0.490 e. The Morgan fingerprint density at radius 1 is 1.12 bits per heavy atom. The normalized spacial score (nSPS) is 26.7. The van der Waals surface area contributed by atoms with Crippen LogP contribution in [-0.4, -0.2) is 74.2 Å². The molecule has 0 amide bonds. The molecule has 6 atom stereocenters. The fourth-order valence-electron chi connectivity index (χ4n) is 2.89. The molecule has 0 bridgehead atoms. The van der Waals surface area contributed by atoms with Gasteiger partial charge in [-0.25, -0.2) is 18.7 Å². The van der Waals surface area contributed by atoms with Crippen LogP contribution in [0.3, 0.4) is 0 Å². The van der Waals surface area contributed by atoms with E-state index in [4.69, 9.17) is 31.6 Å². The molecule has 0 saturated carbocycles. The van der Waals surface area contributed by atoms with Gasteiger partial charge in [0.15, 0.2) is 23.2 Å². The van der Waals surface area contributed by atoms with Crippen LogP contribution < -0.4 is 11.3 Å². The number of nitrogen functional groups attached to an aromatic ring is 1. The zero-order valence-corrected chi connectivity index (χ0v) is 19.0. The molecule has 0 spiro atoms. The van der Waals surface area contributed by atoms with Crippen LogP contribution in [0.1, 0.15) is 12.1 Å². The van der Waals surface area contributed by atoms with Gasteiger partial charge >= 0.3 is 23.5 Å². The molecule has 188 valence electrons. The molecule has 1 saturated heterocycles. The van der Waals surface area contributed by atoms with Crippen LogP contribution in [-0.2, 0) is 31.6 Å². The van der Waals surface area contributed by atoms with Gasteiger partial charge in [-0.2, -0.15) is 13.6 Å². The van der Waals surface area contributed by atoms with Gasteiger partial charge < -0.3 is 40.3 Å². The Hall–Kier alpha value is -2.00. The SMILES string of the molecule is C#Cc1nc2c(=O)[nH]c(N)nc2n1[C@H]1O[C@@H](COP(=O)(O)OP(=O)(O)OP(=O)(O)O)[C@H](O)[C@@H]1O. The number of rotatable bonds is 8. The quantitative estimate of drug-likeness (QED) is 0.127. The summed E-state index contributed by atoms with van der Waals surface area (Å²) in [5.41, 5.74) is 4.24. The van der Waals surface area contributed by atoms with E-state index < -0.39 is 60.2 Å². The van der Waals surface area contributed by atoms with Crippen molar-refractivity contribution in [3.8, 4) is 12.3 Å². The number of nitrogens with two attached hydrogens (primary N) is 1. The Kier molecular flexibility index (Phi) is 7.22. The number of nitrogens with zero attached hydrogens (tertiary/aromatic N) is 3. The zero-order valence-electron chi connectivity index (χ0n) is 16.3. The monoisotopic (exact) mass is 547 g/mol. The maximum absolute atomic E-state index is 12.1. The number of aromatic nitrogens is 4. The van der Waals surface area contributed by atoms with Gasteiger partial charge in [-0.15, -0.1) is 6.42 Å². The van der Waals surface area contributed by atoms with E-state index in [2.05, 4.69) is 34.0 Å². The molecule has 9 N–H and O–H groups in total. The van der Waals surface area contributed by atoms with Gasteiger partial charge in [0.2, 0.25) is 5.95 Å². The number of anilines is 1. The lowest BCUT2D eigenvalue weighted by molar-refractivity contribution is -0.0506. The lowest BCUT2D eigenvalue weighted by atomic mass is 10.1. The zero-order chi connectivity index (χ0) is 25.6. The van der Waals surface area contributed by atoms with Crippen LogP contribution in [0, 0.1) is 12.3 Å². The van der Waals surface area contributed by atoms with E-state index in [9.17, 15) is 33.6 Å². The number of hydrogen-bond donors (Lipinski definition) is 8. The van der Waals surface area contributed by atoms with E-state index in [1.54, 1.807) is 0 Å². The second-order valence-corrected chi connectivity index (χ2v) is 10.9. The molecule has 22 heteroatoms. The van der Waals surface area contributed by atoms with E-state index in [1.165, 1.54) is 0 Å². The minimum absolute atomic E-state index is 0.223. The van der Waals surface area contributed by atoms with Crippen molar-refractivity contribution in [3.63, 3.8) is 0 Å². The van der Waals surface area contributed by atoms with E-state index in [0.717, 1.165) is 4.57 Å². The highest BCUT2D eigenvalue weighted by Crippen LogP contribution is 2.66. The molecule has 1 aliphatic heterocycles. The summed E-state index contributed by atoms with van der Waals surface area (Å²) in [7, 11) is -16.9. The molecule has 1 aliphatic rings. The third-order valence-electron chi connectivity index (χ3n) is 4.11. The number of phosphoric acid groups is 3. The third-order valence-corrected chi connectivity index (χ3v) is 7.91. The first-order valence-corrected chi connectivity index (χ1v) is 13.1. The van der Waals surface area contributed by atoms with Crippen molar-refractivity contribution in [2.24, 2.45) is 0 Å². The number of aromatic amines is 1. The molecule has 2 aromatic rings. The van der Waals surface area contributed by atoms with Gasteiger partial charge in [-0.05, 0) is 5.92 Å². The molecular formula is C12H16N5O14P3. The number of nitrogens with one attached hydrogen (secondary N) is 1. The van der Waals surface area contributed by atoms with Crippen LogP contribution in [0.15, 0.2) is 4.79 Å². The highest BCUT2D eigenvalue weighted by atomic mass is 31.3. The van der Waals surface area contributed by atoms with E-state index in [-0.39, 0.29) is 22.9 Å². The Bertz CT molecular complexity index is 1340. The fourth-order valence-corrected chi connectivity index (χ4v) is 5.92. The summed E-state index contributed by atoms with van der Waals surface area (Å²) in [6, 6.07) is 0. The topological polar surface area (TPSA) is 299 Å². The van der Waals surface area contributed by atoms with Crippen LogP contribution in [0.4, 0.5) is 5.95 Å². The average molecular weight is 547 g/mol. The van der Waals surface area contributed by atoms with E-state index >= 15 is 0 Å². The summed E-state index contributed by atoms with van der Waals surface area (Å²) in [4.78, 5) is 57.7. The molecule has 2 unspecified atom stereocenters. The summed E-state index contributed by atoms with van der Waals surface area (Å²) in [5.74, 6) is 1.54. The number of phosphoric ester groups is 1. The molecule has 0 aromatic carbocycles. The molecule has 3 heterocycles. The molecule has 3 rings (SSSR count). The molecule has 0 aliphatic carbocycles. The molecular weight excluding hydrogens is 531 g/mol. The smallest absolute Gasteiger partial charge is 0.387 e. The summed E-state index contributed by atoms with van der Waals surface area (Å²) in [6.45, 7) is -1.06. The van der Waals surface area contributed by atoms with Crippen molar-refractivity contribution in [3.05, 3.63) is 16.2 Å². The Balaban J connectivity index is 1.81. The predicted octanol–water partition coefficient (Wildman–Crippen LogP) is -2.35. The Morgan fingerprint density at radius 3 is 2.35 bits per heavy atom. The van der Waals surface area contributed by atoms with E-state index in [0.29, 0.717) is 0 Å². The molecule has 1 fully saturated rings. The maximum atomic E-state index is 12.1. The molecule has 0 radical (unpaired) electrons. The molecule has 34 heavy (non-hydrogen) atoms. The lowest BCUT2D eigenvalue weighted by Gasteiger charge is -2.19. The largest absolute Gasteiger partial charge is 0.490 e. The Morgan fingerprint density at radius 2 is 1.76 bits per heavy atom. The number of fused-ring (bicyclic) bond motifs is 1. The first-order valence-electron chi connectivity index (χ1n) is 8.58. The van der Waals surface area contributed by atoms with Crippen molar-refractivity contribution >= 4 is 40.6 Å². The second-order valence-electron chi connectivity index (χ2n) is 6.51. The highest BCUT2D eigenvalue weighted by Gasteiger charge is 2.47. The highest BCUT2D eigenvalue weighted by molar-refractivity contribution is 7.66. The summed E-state index contributed by atoms with van der Waals surface area (Å²) in [6.07, 6.45) is -1.41. The third kappa shape index (κ3) is 5.79. The first kappa shape index (κ1) is 26.6. The van der Waals surface area contributed by atoms with Crippen molar-refractivity contribution in [1.29, 1.82) is 0 Å². The minimum Gasteiger partial charge on any atom is -0.387 e. The van der Waals surface area contributed by atoms with Gasteiger partial charge in [-0.1, -0.05) is 0 Å². The number of aliphatic hydroxyl groups excluding tert-OH is 2. The van der Waals surface area contributed by atoms with Gasteiger partial charge in [0, 0.05) is 0 Å². The standard InChI is InChI=1S/C12H16N5O14P3/c1-2-5-14-6-9(15-12(13)16-10(6)20)17(5)11-8(19)7(18)4(29-11)3-28-33(24,25)31-34(26,27)30-32(21,22)23/h1,4,7-8,11,18-19H,3H2,(H,24,25)(H,26,27)(H2,21,22,23)(H3,13,15,16,20)/t4-,7-,8-,11-/m0/s1. The molecule has 2 aromatic heterocycles. The summed E-state index contributed by atoms with van der Waals surface area (Å²) >= 11 is 0. The van der Waals surface area contributed by atoms with Crippen LogP contribution >= 0.6 is 23.5 Å². The number of H-pyrrole nitrogens is 1. The Labute approximate surface area is 187 Å². The minimum atomic E-state index is -5.76. The van der Waals surface area contributed by atoms with Crippen molar-refractivity contribution < 1.29 is 61.4 Å². The number of terminal acetylenes is 1. The first-order chi connectivity index (χ1) is 15.5. The van der Waals surface area contributed by atoms with Gasteiger partial charge in [-0.3, -0.25) is 18.9 Å². The van der Waals surface area contributed by atoms with Crippen molar-refractivity contribution in [2.45, 2.75) is 24.5 Å². The van der Waals surface area contributed by atoms with Crippen LogP contribution in [0.25, 0.3) is 11.2 Å². The van der Waals surface area contributed by atoms with E-state index in [1.807, 2.05) is 0 Å². The van der Waals surface area contributed by atoms with Crippen molar-refractivity contribution in [1.82, 2.24) is 19.5 Å². The lowest BCUT2D eigenvalue weighted by Crippen LogP contribution is -2.33. The predicted molar refractivity (Wildman–Crippen MR) is 106 cm³/mol. The van der Waals surface area contributed by atoms with Gasteiger partial charge in [0.25, 0.3) is 5.56 Å². The van der Waals surface area contributed by atoms with Crippen LogP contribution in [0.2, 0.25) is 0 Å². The summed E-state index contributed by atoms with van der Waals surface area (Å²) in [5, 5.41) is 20.7. The average Bonchev–Trinajstić information content (AvgIpc) is 3.15. The fraction of sp³-hybridized carbons (Fsp3) is 0.417. The second kappa shape index (κ2) is 9.22. The van der Waals surface area contributed by atoms with Crippen molar-refractivity contribution in [2.75, 3.05) is 12.3 Å².